The Hall–Kier alpha value is -1.28. The molecule has 0 spiro atoms. The number of benzene rings is 1. The largest absolute Gasteiger partial charge is 0.349 e. The van der Waals surface area contributed by atoms with E-state index in [4.69, 9.17) is 11.6 Å². The molecule has 3 heteroatoms. The van der Waals surface area contributed by atoms with Crippen LogP contribution in [0, 0.1) is 0 Å². The van der Waals surface area contributed by atoms with E-state index in [1.54, 1.807) is 0 Å². The number of amides is 1. The lowest BCUT2D eigenvalue weighted by Gasteiger charge is -2.09. The lowest BCUT2D eigenvalue weighted by molar-refractivity contribution is -0.117. The summed E-state index contributed by atoms with van der Waals surface area (Å²) in [7, 11) is 0. The molecule has 2 rings (SSSR count). The van der Waals surface area contributed by atoms with Gasteiger partial charge in [-0.1, -0.05) is 24.2 Å². The van der Waals surface area contributed by atoms with E-state index in [-0.39, 0.29) is 11.9 Å². The van der Waals surface area contributed by atoms with Crippen LogP contribution in [-0.4, -0.2) is 11.9 Å². The third-order valence-electron chi connectivity index (χ3n) is 2.63. The highest BCUT2D eigenvalue weighted by molar-refractivity contribution is 6.30. The molecule has 1 aliphatic carbocycles. The zero-order valence-electron chi connectivity index (χ0n) is 8.29. The predicted molar refractivity (Wildman–Crippen MR) is 61.0 cm³/mol. The van der Waals surface area contributed by atoms with Crippen LogP contribution in [0.2, 0.25) is 5.02 Å². The third kappa shape index (κ3) is 2.21. The van der Waals surface area contributed by atoms with E-state index < -0.39 is 0 Å². The second kappa shape index (κ2) is 4.07. The van der Waals surface area contributed by atoms with Crippen molar-refractivity contribution >= 4 is 17.5 Å². The summed E-state index contributed by atoms with van der Waals surface area (Å²) in [5.41, 5.74) is 2.51. The molecule has 0 bridgehead atoms. The highest BCUT2D eigenvalue weighted by Gasteiger charge is 2.21. The maximum Gasteiger partial charge on any atom is 0.243 e. The maximum absolute atomic E-state index is 11.1. The molecule has 0 aromatic heterocycles. The number of hydrogen-bond acceptors (Lipinski definition) is 1. The van der Waals surface area contributed by atoms with Crippen molar-refractivity contribution in [2.45, 2.75) is 18.9 Å². The van der Waals surface area contributed by atoms with Crippen LogP contribution >= 0.6 is 11.6 Å². The predicted octanol–water partition coefficient (Wildman–Crippen LogP) is 2.11. The van der Waals surface area contributed by atoms with Crippen molar-refractivity contribution in [1.29, 1.82) is 0 Å². The first-order valence-electron chi connectivity index (χ1n) is 4.89. The molecule has 0 saturated heterocycles. The maximum atomic E-state index is 11.1. The summed E-state index contributed by atoms with van der Waals surface area (Å²) in [5.74, 6) is -0.112. The molecule has 0 aliphatic heterocycles. The summed E-state index contributed by atoms with van der Waals surface area (Å²) in [4.78, 5) is 11.1. The molecule has 0 heterocycles. The summed E-state index contributed by atoms with van der Waals surface area (Å²) in [6.45, 7) is 3.43. The van der Waals surface area contributed by atoms with Crippen LogP contribution in [0.1, 0.15) is 11.1 Å². The number of rotatable bonds is 2. The Morgan fingerprint density at radius 3 is 2.93 bits per heavy atom. The summed E-state index contributed by atoms with van der Waals surface area (Å²) >= 11 is 5.90. The molecule has 1 aromatic rings. The molecule has 0 radical (unpaired) electrons. The average molecular weight is 222 g/mol. The molecule has 1 unspecified atom stereocenters. The van der Waals surface area contributed by atoms with Gasteiger partial charge in [-0.25, -0.2) is 0 Å². The van der Waals surface area contributed by atoms with Gasteiger partial charge in [0.15, 0.2) is 0 Å². The molecule has 1 atom stereocenters. The van der Waals surface area contributed by atoms with Crippen molar-refractivity contribution in [3.8, 4) is 0 Å². The highest BCUT2D eigenvalue weighted by atomic mass is 35.5. The van der Waals surface area contributed by atoms with Gasteiger partial charge in [-0.2, -0.15) is 0 Å². The Morgan fingerprint density at radius 1 is 1.47 bits per heavy atom. The summed E-state index contributed by atoms with van der Waals surface area (Å²) in [6, 6.07) is 6.07. The Labute approximate surface area is 93.9 Å². The Balaban J connectivity index is 2.09. The molecule has 0 saturated carbocycles. The Bertz CT molecular complexity index is 414. The van der Waals surface area contributed by atoms with Crippen LogP contribution in [0.3, 0.4) is 0 Å². The van der Waals surface area contributed by atoms with Crippen LogP contribution in [0.25, 0.3) is 0 Å². The van der Waals surface area contributed by atoms with E-state index in [9.17, 15) is 4.79 Å². The van der Waals surface area contributed by atoms with Crippen LogP contribution < -0.4 is 5.32 Å². The van der Waals surface area contributed by atoms with E-state index in [0.717, 1.165) is 17.9 Å². The standard InChI is InChI=1S/C12H12ClNO/c1-2-12(15)14-11-6-8-3-4-10(13)5-9(8)7-11/h2-5,11H,1,6-7H2,(H,14,15). The van der Waals surface area contributed by atoms with E-state index in [2.05, 4.69) is 11.9 Å². The molecule has 1 N–H and O–H groups in total. The molecule has 1 aromatic carbocycles. The van der Waals surface area contributed by atoms with Gasteiger partial charge < -0.3 is 5.32 Å². The molecule has 78 valence electrons. The van der Waals surface area contributed by atoms with Crippen molar-refractivity contribution in [3.63, 3.8) is 0 Å². The number of fused-ring (bicyclic) bond motifs is 1. The van der Waals surface area contributed by atoms with Crippen molar-refractivity contribution in [1.82, 2.24) is 5.32 Å². The first kappa shape index (κ1) is 10.2. The first-order chi connectivity index (χ1) is 7.19. The number of nitrogens with one attached hydrogen (secondary N) is 1. The van der Waals surface area contributed by atoms with Gasteiger partial charge in [-0.15, -0.1) is 0 Å². The fourth-order valence-electron chi connectivity index (χ4n) is 1.95. The normalized spacial score (nSPS) is 18.3. The van der Waals surface area contributed by atoms with Gasteiger partial charge in [-0.3, -0.25) is 4.79 Å². The van der Waals surface area contributed by atoms with Crippen molar-refractivity contribution < 1.29 is 4.79 Å². The van der Waals surface area contributed by atoms with Crippen LogP contribution in [-0.2, 0) is 17.6 Å². The Kier molecular flexibility index (Phi) is 2.78. The smallest absolute Gasteiger partial charge is 0.243 e. The van der Waals surface area contributed by atoms with Crippen molar-refractivity contribution in [2.24, 2.45) is 0 Å². The van der Waals surface area contributed by atoms with E-state index in [1.807, 2.05) is 18.2 Å². The van der Waals surface area contributed by atoms with Gasteiger partial charge in [0, 0.05) is 11.1 Å². The highest BCUT2D eigenvalue weighted by Crippen LogP contribution is 2.25. The van der Waals surface area contributed by atoms with E-state index in [0.29, 0.717) is 0 Å². The monoisotopic (exact) mass is 221 g/mol. The van der Waals surface area contributed by atoms with E-state index >= 15 is 0 Å². The summed E-state index contributed by atoms with van der Waals surface area (Å²) in [6.07, 6.45) is 3.04. The van der Waals surface area contributed by atoms with Gasteiger partial charge >= 0.3 is 0 Å². The lowest BCUT2D eigenvalue weighted by atomic mass is 10.1. The molecule has 1 amide bonds. The van der Waals surface area contributed by atoms with Crippen molar-refractivity contribution in [3.05, 3.63) is 47.0 Å². The van der Waals surface area contributed by atoms with Gasteiger partial charge in [0.2, 0.25) is 5.91 Å². The van der Waals surface area contributed by atoms with Gasteiger partial charge in [0.05, 0.1) is 0 Å². The zero-order valence-corrected chi connectivity index (χ0v) is 9.05. The van der Waals surface area contributed by atoms with Gasteiger partial charge in [-0.05, 0) is 42.2 Å². The minimum absolute atomic E-state index is 0.112. The van der Waals surface area contributed by atoms with Gasteiger partial charge in [0.1, 0.15) is 0 Å². The third-order valence-corrected chi connectivity index (χ3v) is 2.87. The number of halogens is 1. The number of carbonyl (C=O) groups is 1. The number of carbonyl (C=O) groups excluding carboxylic acids is 1. The SMILES string of the molecule is C=CC(=O)NC1Cc2ccc(Cl)cc2C1. The van der Waals surface area contributed by atoms with Crippen LogP contribution in [0.5, 0.6) is 0 Å². The minimum Gasteiger partial charge on any atom is -0.349 e. The fraction of sp³-hybridized carbons (Fsp3) is 0.250. The zero-order chi connectivity index (χ0) is 10.8. The molecule has 0 fully saturated rings. The van der Waals surface area contributed by atoms with Crippen LogP contribution in [0.15, 0.2) is 30.9 Å². The van der Waals surface area contributed by atoms with Crippen LogP contribution in [0.4, 0.5) is 0 Å². The molecule has 15 heavy (non-hydrogen) atoms. The lowest BCUT2D eigenvalue weighted by Crippen LogP contribution is -2.33. The second-order valence-electron chi connectivity index (χ2n) is 3.73. The topological polar surface area (TPSA) is 29.1 Å². The van der Waals surface area contributed by atoms with Gasteiger partial charge in [0.25, 0.3) is 0 Å². The molecular weight excluding hydrogens is 210 g/mol. The second-order valence-corrected chi connectivity index (χ2v) is 4.17. The summed E-state index contributed by atoms with van der Waals surface area (Å²) in [5, 5.41) is 3.65. The summed E-state index contributed by atoms with van der Waals surface area (Å²) < 4.78 is 0. The minimum atomic E-state index is -0.112. The average Bonchev–Trinajstić information content (AvgIpc) is 2.59. The first-order valence-corrected chi connectivity index (χ1v) is 5.27. The quantitative estimate of drug-likeness (QED) is 0.762. The van der Waals surface area contributed by atoms with Crippen molar-refractivity contribution in [2.75, 3.05) is 0 Å². The molecular formula is C12H12ClNO. The Morgan fingerprint density at radius 2 is 2.20 bits per heavy atom. The van der Waals surface area contributed by atoms with E-state index in [1.165, 1.54) is 17.2 Å². The number of hydrogen-bond donors (Lipinski definition) is 1. The molecule has 1 aliphatic rings. The fourth-order valence-corrected chi connectivity index (χ4v) is 2.14. The molecule has 2 nitrogen and oxygen atoms in total.